The Kier molecular flexibility index (Phi) is 6.82. The highest BCUT2D eigenvalue weighted by atomic mass is 16.9. The summed E-state index contributed by atoms with van der Waals surface area (Å²) in [7, 11) is 0. The lowest BCUT2D eigenvalue weighted by Crippen LogP contribution is -2.29. The molecule has 12 nitrogen and oxygen atoms in total. The van der Waals surface area contributed by atoms with Gasteiger partial charge in [0.2, 0.25) is 0 Å². The Hall–Kier alpha value is -1.96. The molecule has 126 valence electrons. The SMILES string of the molecule is NN1ONC=C1OCCOCCOCCOC1=CNON1N. The average Bonchev–Trinajstić information content (AvgIpc) is 3.10. The molecule has 2 rings (SSSR count). The smallest absolute Gasteiger partial charge is 0.250 e. The van der Waals surface area contributed by atoms with E-state index in [0.717, 1.165) is 10.3 Å². The summed E-state index contributed by atoms with van der Waals surface area (Å²) in [5.41, 5.74) is 4.88. The van der Waals surface area contributed by atoms with Crippen molar-refractivity contribution in [3.63, 3.8) is 0 Å². The summed E-state index contributed by atoms with van der Waals surface area (Å²) < 4.78 is 21.2. The van der Waals surface area contributed by atoms with Crippen LogP contribution >= 0.6 is 0 Å². The van der Waals surface area contributed by atoms with E-state index in [1.54, 1.807) is 0 Å². The highest BCUT2D eigenvalue weighted by Gasteiger charge is 2.14. The van der Waals surface area contributed by atoms with E-state index in [2.05, 4.69) is 20.8 Å². The minimum absolute atomic E-state index is 0.348. The molecule has 0 fully saturated rings. The van der Waals surface area contributed by atoms with Crippen LogP contribution in [0, 0.1) is 0 Å². The molecule has 0 aromatic carbocycles. The van der Waals surface area contributed by atoms with Gasteiger partial charge in [0.25, 0.3) is 11.8 Å². The standard InChI is InChI=1S/C10H20N6O6/c11-15-9(7-13-21-15)19-5-3-17-1-2-18-4-6-20-10-8-14-22-16(10)12/h7-8,13-14H,1-6,11-12H2. The minimum Gasteiger partial charge on any atom is -0.473 e. The second-order valence-corrected chi connectivity index (χ2v) is 3.96. The van der Waals surface area contributed by atoms with Crippen molar-refractivity contribution in [3.8, 4) is 0 Å². The fraction of sp³-hybridized carbons (Fsp3) is 0.600. The van der Waals surface area contributed by atoms with E-state index in [9.17, 15) is 0 Å². The van der Waals surface area contributed by atoms with Crippen molar-refractivity contribution in [2.45, 2.75) is 0 Å². The topological polar surface area (TPSA) is 138 Å². The average molecular weight is 320 g/mol. The predicted octanol–water partition coefficient (Wildman–Crippen LogP) is -2.10. The Morgan fingerprint density at radius 3 is 1.55 bits per heavy atom. The van der Waals surface area contributed by atoms with Crippen molar-refractivity contribution in [1.82, 2.24) is 21.3 Å². The van der Waals surface area contributed by atoms with Gasteiger partial charge in [-0.3, -0.25) is 0 Å². The molecule has 12 heteroatoms. The van der Waals surface area contributed by atoms with Crippen LogP contribution in [0.15, 0.2) is 24.2 Å². The van der Waals surface area contributed by atoms with Crippen LogP contribution in [0.25, 0.3) is 0 Å². The summed E-state index contributed by atoms with van der Waals surface area (Å²) in [5.74, 6) is 11.6. The van der Waals surface area contributed by atoms with Crippen molar-refractivity contribution < 1.29 is 28.8 Å². The van der Waals surface area contributed by atoms with Gasteiger partial charge in [-0.05, 0) is 0 Å². The number of nitrogens with two attached hydrogens (primary N) is 2. The molecule has 6 N–H and O–H groups in total. The number of hydrazine groups is 2. The zero-order chi connectivity index (χ0) is 15.6. The summed E-state index contributed by atoms with van der Waals surface area (Å²) in [6.45, 7) is 2.40. The van der Waals surface area contributed by atoms with Gasteiger partial charge in [0.1, 0.15) is 13.2 Å². The van der Waals surface area contributed by atoms with Gasteiger partial charge in [-0.2, -0.15) is 0 Å². The van der Waals surface area contributed by atoms with Crippen molar-refractivity contribution in [2.24, 2.45) is 11.7 Å². The molecule has 0 aromatic rings. The van der Waals surface area contributed by atoms with Crippen LogP contribution in [0.3, 0.4) is 0 Å². The van der Waals surface area contributed by atoms with E-state index in [-0.39, 0.29) is 0 Å². The van der Waals surface area contributed by atoms with Crippen LogP contribution in [0.4, 0.5) is 0 Å². The van der Waals surface area contributed by atoms with E-state index < -0.39 is 0 Å². The van der Waals surface area contributed by atoms with Crippen molar-refractivity contribution >= 4 is 0 Å². The lowest BCUT2D eigenvalue weighted by atomic mass is 10.7. The van der Waals surface area contributed by atoms with Gasteiger partial charge < -0.3 is 18.9 Å². The first kappa shape index (κ1) is 16.4. The molecular weight excluding hydrogens is 300 g/mol. The number of hydroxylamine groups is 4. The highest BCUT2D eigenvalue weighted by molar-refractivity contribution is 4.87. The molecule has 2 aliphatic rings. The summed E-state index contributed by atoms with van der Waals surface area (Å²) in [5, 5.41) is 1.96. The predicted molar refractivity (Wildman–Crippen MR) is 70.2 cm³/mol. The number of rotatable bonds is 11. The molecule has 0 bridgehead atoms. The van der Waals surface area contributed by atoms with Crippen molar-refractivity contribution in [3.05, 3.63) is 24.2 Å². The number of hydrogen-bond donors (Lipinski definition) is 4. The van der Waals surface area contributed by atoms with Gasteiger partial charge in [0.15, 0.2) is 0 Å². The summed E-state index contributed by atoms with van der Waals surface area (Å²) in [4.78, 5) is 9.37. The van der Waals surface area contributed by atoms with Gasteiger partial charge in [-0.15, -0.1) is 20.2 Å². The van der Waals surface area contributed by atoms with E-state index in [1.807, 2.05) is 0 Å². The quantitative estimate of drug-likeness (QED) is 0.245. The van der Waals surface area contributed by atoms with Crippen LogP contribution in [0.5, 0.6) is 0 Å². The van der Waals surface area contributed by atoms with E-state index in [4.69, 9.17) is 30.6 Å². The molecular formula is C10H20N6O6. The summed E-state index contributed by atoms with van der Waals surface area (Å²) in [6, 6.07) is 0. The maximum absolute atomic E-state index is 5.40. The third-order valence-electron chi connectivity index (χ3n) is 2.43. The normalized spacial score (nSPS) is 17.0. The number of nitrogens with one attached hydrogen (secondary N) is 2. The molecule has 0 unspecified atom stereocenters. The summed E-state index contributed by atoms with van der Waals surface area (Å²) in [6.07, 6.45) is 2.98. The zero-order valence-corrected chi connectivity index (χ0v) is 11.9. The Balaban J connectivity index is 1.34. The molecule has 2 heterocycles. The van der Waals surface area contributed by atoms with Gasteiger partial charge in [0.05, 0.1) is 38.8 Å². The molecule has 0 aromatic heterocycles. The molecule has 0 amide bonds. The Labute approximate surface area is 126 Å². The van der Waals surface area contributed by atoms with Crippen LogP contribution in [0.1, 0.15) is 0 Å². The first-order valence-electron chi connectivity index (χ1n) is 6.53. The molecule has 0 aliphatic carbocycles. The van der Waals surface area contributed by atoms with Gasteiger partial charge in [0, 0.05) is 0 Å². The van der Waals surface area contributed by atoms with Crippen LogP contribution < -0.4 is 22.6 Å². The molecule has 22 heavy (non-hydrogen) atoms. The monoisotopic (exact) mass is 320 g/mol. The second-order valence-electron chi connectivity index (χ2n) is 3.96. The second kappa shape index (κ2) is 9.14. The zero-order valence-electron chi connectivity index (χ0n) is 11.9. The fourth-order valence-electron chi connectivity index (χ4n) is 1.43. The molecule has 0 saturated heterocycles. The Morgan fingerprint density at radius 1 is 0.773 bits per heavy atom. The molecule has 2 aliphatic heterocycles. The number of hydrogen-bond acceptors (Lipinski definition) is 12. The Bertz CT molecular complexity index is 358. The third-order valence-corrected chi connectivity index (χ3v) is 2.43. The molecule has 0 radical (unpaired) electrons. The maximum atomic E-state index is 5.40. The van der Waals surface area contributed by atoms with Gasteiger partial charge in [-0.1, -0.05) is 0 Å². The number of ether oxygens (including phenoxy) is 4. The highest BCUT2D eigenvalue weighted by Crippen LogP contribution is 2.05. The largest absolute Gasteiger partial charge is 0.473 e. The van der Waals surface area contributed by atoms with E-state index >= 15 is 0 Å². The van der Waals surface area contributed by atoms with E-state index in [1.165, 1.54) is 12.4 Å². The van der Waals surface area contributed by atoms with E-state index in [0.29, 0.717) is 51.4 Å². The fourth-order valence-corrected chi connectivity index (χ4v) is 1.43. The van der Waals surface area contributed by atoms with Gasteiger partial charge >= 0.3 is 0 Å². The lowest BCUT2D eigenvalue weighted by Gasteiger charge is -2.13. The molecule has 0 spiro atoms. The lowest BCUT2D eigenvalue weighted by molar-refractivity contribution is -0.179. The maximum Gasteiger partial charge on any atom is 0.250 e. The van der Waals surface area contributed by atoms with Crippen LogP contribution in [0.2, 0.25) is 0 Å². The Morgan fingerprint density at radius 2 is 1.18 bits per heavy atom. The van der Waals surface area contributed by atoms with Crippen LogP contribution in [-0.4, -0.2) is 50.0 Å². The third kappa shape index (κ3) is 5.44. The molecule has 0 atom stereocenters. The number of nitrogens with zero attached hydrogens (tertiary/aromatic N) is 2. The van der Waals surface area contributed by atoms with Crippen molar-refractivity contribution in [1.29, 1.82) is 0 Å². The van der Waals surface area contributed by atoms with Crippen LogP contribution in [-0.2, 0) is 28.8 Å². The van der Waals surface area contributed by atoms with Crippen molar-refractivity contribution in [2.75, 3.05) is 39.6 Å². The molecule has 0 saturated carbocycles. The minimum atomic E-state index is 0.348. The summed E-state index contributed by atoms with van der Waals surface area (Å²) >= 11 is 0. The first-order chi connectivity index (χ1) is 10.8. The van der Waals surface area contributed by atoms with Gasteiger partial charge in [-0.25, -0.2) is 22.6 Å². The first-order valence-corrected chi connectivity index (χ1v) is 6.53.